The predicted molar refractivity (Wildman–Crippen MR) is 259 cm³/mol. The number of nitrogens with zero attached hydrogens (tertiary/aromatic N) is 1. The average Bonchev–Trinajstić information content (AvgIpc) is 3.72. The molecule has 0 saturated carbocycles. The van der Waals surface area contributed by atoms with Gasteiger partial charge in [0, 0.05) is 37.0 Å². The molecule has 0 N–H and O–H groups in total. The second kappa shape index (κ2) is 15.3. The number of anilines is 3. The largest absolute Gasteiger partial charge is 0.309 e. The molecule has 0 bridgehead atoms. The van der Waals surface area contributed by atoms with Crippen molar-refractivity contribution in [3.8, 4) is 55.6 Å². The lowest BCUT2D eigenvalue weighted by Gasteiger charge is -2.31. The molecule has 1 nitrogen and oxygen atoms in total. The summed E-state index contributed by atoms with van der Waals surface area (Å²) in [6.45, 7) is 0. The van der Waals surface area contributed by atoms with Crippen molar-refractivity contribution >= 4 is 59.3 Å². The summed E-state index contributed by atoms with van der Waals surface area (Å²) in [6.07, 6.45) is 0. The lowest BCUT2D eigenvalue weighted by Crippen LogP contribution is -2.13. The van der Waals surface area contributed by atoms with Crippen LogP contribution in [0, 0.1) is 0 Å². The molecule has 11 rings (SSSR count). The highest BCUT2D eigenvalue weighted by molar-refractivity contribution is 7.25. The van der Waals surface area contributed by atoms with Crippen LogP contribution < -0.4 is 4.90 Å². The first-order chi connectivity index (χ1) is 29.8. The topological polar surface area (TPSA) is 3.24 Å². The number of rotatable bonds is 8. The van der Waals surface area contributed by atoms with Crippen LogP contribution in [0.15, 0.2) is 237 Å². The van der Waals surface area contributed by atoms with Crippen molar-refractivity contribution in [2.24, 2.45) is 0 Å². The Labute approximate surface area is 354 Å². The molecule has 0 amide bonds. The van der Waals surface area contributed by atoms with E-state index in [1.165, 1.54) is 69.9 Å². The molecule has 2 heteroatoms. The molecular formula is C58H39NS. The van der Waals surface area contributed by atoms with Gasteiger partial charge in [-0.15, -0.1) is 11.3 Å². The smallest absolute Gasteiger partial charge is 0.0540 e. The highest BCUT2D eigenvalue weighted by Gasteiger charge is 2.23. The van der Waals surface area contributed by atoms with Crippen molar-refractivity contribution in [2.75, 3.05) is 4.90 Å². The average molecular weight is 782 g/mol. The van der Waals surface area contributed by atoms with E-state index in [1.54, 1.807) is 0 Å². The monoisotopic (exact) mass is 781 g/mol. The van der Waals surface area contributed by atoms with Crippen LogP contribution in [-0.2, 0) is 0 Å². The van der Waals surface area contributed by atoms with Crippen LogP contribution in [-0.4, -0.2) is 0 Å². The van der Waals surface area contributed by atoms with Gasteiger partial charge in [0.1, 0.15) is 0 Å². The molecular weight excluding hydrogens is 743 g/mol. The summed E-state index contributed by atoms with van der Waals surface area (Å²) in [5, 5.41) is 5.06. The maximum atomic E-state index is 2.49. The standard InChI is InChI=1S/C58H39NS/c1-4-18-40(19-5-1)44-36-37-54(52(39-44)42-22-8-3-9-23-42)59(46-27-14-26-45(38-46)48-31-17-35-56-58(48)51-29-11-13-34-55(51)60-56)53-33-12-10-28-49(53)50-32-16-25-43-24-15-30-47(57(43)50)41-20-6-2-7-21-41/h1-39H. The van der Waals surface area contributed by atoms with E-state index in [9.17, 15) is 0 Å². The highest BCUT2D eigenvalue weighted by atomic mass is 32.1. The summed E-state index contributed by atoms with van der Waals surface area (Å²) < 4.78 is 2.61. The Bertz CT molecular complexity index is 3310. The first-order valence-corrected chi connectivity index (χ1v) is 21.3. The van der Waals surface area contributed by atoms with Gasteiger partial charge in [0.2, 0.25) is 0 Å². The van der Waals surface area contributed by atoms with Crippen molar-refractivity contribution in [3.05, 3.63) is 237 Å². The summed E-state index contributed by atoms with van der Waals surface area (Å²) in [7, 11) is 0. The van der Waals surface area contributed by atoms with E-state index in [1.807, 2.05) is 11.3 Å². The zero-order valence-corrected chi connectivity index (χ0v) is 33.7. The van der Waals surface area contributed by atoms with Gasteiger partial charge in [0.15, 0.2) is 0 Å². The fraction of sp³-hybridized carbons (Fsp3) is 0. The fourth-order valence-corrected chi connectivity index (χ4v) is 10.1. The molecule has 1 aromatic heterocycles. The first-order valence-electron chi connectivity index (χ1n) is 20.5. The van der Waals surface area contributed by atoms with Gasteiger partial charge in [0.25, 0.3) is 0 Å². The van der Waals surface area contributed by atoms with Crippen molar-refractivity contribution < 1.29 is 0 Å². The third-order valence-electron chi connectivity index (χ3n) is 11.7. The molecule has 10 aromatic carbocycles. The highest BCUT2D eigenvalue weighted by Crippen LogP contribution is 2.49. The number of benzene rings is 10. The van der Waals surface area contributed by atoms with Crippen molar-refractivity contribution in [3.63, 3.8) is 0 Å². The molecule has 0 aliphatic carbocycles. The third kappa shape index (κ3) is 6.35. The molecule has 0 aliphatic rings. The van der Waals surface area contributed by atoms with Gasteiger partial charge in [-0.25, -0.2) is 0 Å². The van der Waals surface area contributed by atoms with E-state index >= 15 is 0 Å². The van der Waals surface area contributed by atoms with Crippen LogP contribution in [0.5, 0.6) is 0 Å². The van der Waals surface area contributed by atoms with E-state index in [0.29, 0.717) is 0 Å². The molecule has 0 radical (unpaired) electrons. The maximum absolute atomic E-state index is 2.49. The van der Waals surface area contributed by atoms with Crippen LogP contribution in [0.1, 0.15) is 0 Å². The number of hydrogen-bond acceptors (Lipinski definition) is 2. The summed E-state index contributed by atoms with van der Waals surface area (Å²) >= 11 is 1.86. The van der Waals surface area contributed by atoms with Gasteiger partial charge in [0.05, 0.1) is 11.4 Å². The summed E-state index contributed by atoms with van der Waals surface area (Å²) in [5.41, 5.74) is 15.2. The second-order valence-corrected chi connectivity index (χ2v) is 16.3. The molecule has 0 unspecified atom stereocenters. The van der Waals surface area contributed by atoms with Gasteiger partial charge >= 0.3 is 0 Å². The Morgan fingerprint density at radius 3 is 1.58 bits per heavy atom. The number of thiophene rings is 1. The molecule has 0 spiro atoms. The SMILES string of the molecule is c1ccc(-c2ccc(N(c3cccc(-c4cccc5sc6ccccc6c45)c3)c3ccccc3-c3cccc4cccc(-c5ccccc5)c34)c(-c3ccccc3)c2)cc1. The minimum Gasteiger partial charge on any atom is -0.309 e. The van der Waals surface area contributed by atoms with E-state index < -0.39 is 0 Å². The molecule has 0 atom stereocenters. The molecule has 0 saturated heterocycles. The lowest BCUT2D eigenvalue weighted by atomic mass is 9.90. The van der Waals surface area contributed by atoms with E-state index in [4.69, 9.17) is 0 Å². The predicted octanol–water partition coefficient (Wildman–Crippen LogP) is 17.0. The zero-order chi connectivity index (χ0) is 39.8. The van der Waals surface area contributed by atoms with Crippen LogP contribution in [0.3, 0.4) is 0 Å². The van der Waals surface area contributed by atoms with Crippen LogP contribution >= 0.6 is 11.3 Å². The van der Waals surface area contributed by atoms with Crippen molar-refractivity contribution in [1.82, 2.24) is 0 Å². The molecule has 11 aromatic rings. The van der Waals surface area contributed by atoms with E-state index in [2.05, 4.69) is 241 Å². The van der Waals surface area contributed by atoms with Crippen molar-refractivity contribution in [1.29, 1.82) is 0 Å². The minimum atomic E-state index is 1.09. The fourth-order valence-electron chi connectivity index (χ4n) is 8.95. The number of fused-ring (bicyclic) bond motifs is 4. The number of hydrogen-bond donors (Lipinski definition) is 0. The quantitative estimate of drug-likeness (QED) is 0.148. The van der Waals surface area contributed by atoms with Gasteiger partial charge in [-0.1, -0.05) is 194 Å². The molecule has 0 fully saturated rings. The van der Waals surface area contributed by atoms with Crippen LogP contribution in [0.2, 0.25) is 0 Å². The number of para-hydroxylation sites is 1. The summed E-state index contributed by atoms with van der Waals surface area (Å²) in [6, 6.07) is 86.3. The zero-order valence-electron chi connectivity index (χ0n) is 32.9. The summed E-state index contributed by atoms with van der Waals surface area (Å²) in [4.78, 5) is 2.49. The molecule has 282 valence electrons. The molecule has 1 heterocycles. The Morgan fingerprint density at radius 2 is 0.817 bits per heavy atom. The van der Waals surface area contributed by atoms with Crippen LogP contribution in [0.25, 0.3) is 86.6 Å². The third-order valence-corrected chi connectivity index (χ3v) is 12.8. The van der Waals surface area contributed by atoms with Gasteiger partial charge < -0.3 is 4.90 Å². The Balaban J connectivity index is 1.19. The lowest BCUT2D eigenvalue weighted by molar-refractivity contribution is 1.28. The molecule has 60 heavy (non-hydrogen) atoms. The Morgan fingerprint density at radius 1 is 0.283 bits per heavy atom. The van der Waals surface area contributed by atoms with E-state index in [0.717, 1.165) is 33.8 Å². The van der Waals surface area contributed by atoms with Crippen molar-refractivity contribution in [2.45, 2.75) is 0 Å². The summed E-state index contributed by atoms with van der Waals surface area (Å²) in [5.74, 6) is 0. The Kier molecular flexibility index (Phi) is 9.11. The van der Waals surface area contributed by atoms with E-state index in [-0.39, 0.29) is 0 Å². The van der Waals surface area contributed by atoms with Gasteiger partial charge in [-0.05, 0) is 97.7 Å². The second-order valence-electron chi connectivity index (χ2n) is 15.2. The van der Waals surface area contributed by atoms with Gasteiger partial charge in [-0.2, -0.15) is 0 Å². The normalized spacial score (nSPS) is 11.3. The maximum Gasteiger partial charge on any atom is 0.0540 e. The van der Waals surface area contributed by atoms with Gasteiger partial charge in [-0.3, -0.25) is 0 Å². The molecule has 0 aliphatic heterocycles. The first kappa shape index (κ1) is 35.6. The Hall–Kier alpha value is -7.52. The van der Waals surface area contributed by atoms with Crippen LogP contribution in [0.4, 0.5) is 17.1 Å². The minimum absolute atomic E-state index is 1.09.